The Labute approximate surface area is 181 Å². The molecule has 1 aromatic heterocycles. The second-order valence-corrected chi connectivity index (χ2v) is 7.61. The minimum atomic E-state index is -0.312. The highest BCUT2D eigenvalue weighted by molar-refractivity contribution is 6.36. The van der Waals surface area contributed by atoms with Gasteiger partial charge >= 0.3 is 0 Å². The summed E-state index contributed by atoms with van der Waals surface area (Å²) in [5.74, 6) is -0.516. The van der Waals surface area contributed by atoms with Crippen molar-refractivity contribution in [2.45, 2.75) is 27.7 Å². The van der Waals surface area contributed by atoms with Crippen molar-refractivity contribution < 1.29 is 14.4 Å². The predicted molar refractivity (Wildman–Crippen MR) is 119 cm³/mol. The number of likely N-dealkylation sites (N-methyl/N-ethyl adjacent to an activating group) is 1. The van der Waals surface area contributed by atoms with E-state index in [0.717, 1.165) is 30.8 Å². The molecule has 2 heterocycles. The van der Waals surface area contributed by atoms with E-state index in [-0.39, 0.29) is 11.8 Å². The molecule has 8 heteroatoms. The van der Waals surface area contributed by atoms with Gasteiger partial charge in [0.1, 0.15) is 0 Å². The second kappa shape index (κ2) is 9.47. The van der Waals surface area contributed by atoms with Crippen LogP contribution in [0.4, 0.5) is 5.69 Å². The number of halogens is 1. The molecule has 0 aliphatic carbocycles. The van der Waals surface area contributed by atoms with Crippen molar-refractivity contribution in [2.75, 3.05) is 31.6 Å². The lowest BCUT2D eigenvalue weighted by atomic mass is 10.0. The van der Waals surface area contributed by atoms with Crippen molar-refractivity contribution in [3.63, 3.8) is 0 Å². The number of aromatic amines is 1. The van der Waals surface area contributed by atoms with Crippen LogP contribution in [0.25, 0.3) is 11.6 Å². The molecule has 30 heavy (non-hydrogen) atoms. The van der Waals surface area contributed by atoms with E-state index in [9.17, 15) is 9.59 Å². The second-order valence-electron chi connectivity index (χ2n) is 7.17. The maximum absolute atomic E-state index is 12.6. The van der Waals surface area contributed by atoms with Gasteiger partial charge in [-0.25, -0.2) is 5.48 Å². The van der Waals surface area contributed by atoms with Gasteiger partial charge < -0.3 is 15.2 Å². The first-order valence-corrected chi connectivity index (χ1v) is 10.4. The van der Waals surface area contributed by atoms with Crippen LogP contribution < -0.4 is 10.8 Å². The third-order valence-electron chi connectivity index (χ3n) is 5.33. The fourth-order valence-electron chi connectivity index (χ4n) is 3.60. The molecule has 0 atom stereocenters. The quantitative estimate of drug-likeness (QED) is 0.338. The minimum Gasteiger partial charge on any atom is -0.358 e. The molecule has 0 spiro atoms. The summed E-state index contributed by atoms with van der Waals surface area (Å²) in [5, 5.41) is 3.37. The summed E-state index contributed by atoms with van der Waals surface area (Å²) >= 11 is 6.01. The van der Waals surface area contributed by atoms with E-state index < -0.39 is 0 Å². The van der Waals surface area contributed by atoms with Crippen LogP contribution >= 0.6 is 11.6 Å². The highest BCUT2D eigenvalue weighted by atomic mass is 35.5. The fourth-order valence-corrected chi connectivity index (χ4v) is 3.77. The Balaban J connectivity index is 1.76. The molecular formula is C22H27ClN4O3. The van der Waals surface area contributed by atoms with Crippen LogP contribution in [0, 0.1) is 13.8 Å². The number of hydrogen-bond donors (Lipinski definition) is 3. The molecule has 1 aliphatic rings. The summed E-state index contributed by atoms with van der Waals surface area (Å²) in [6.45, 7) is 10.9. The number of nitrogens with zero attached hydrogens (tertiary/aromatic N) is 1. The zero-order valence-electron chi connectivity index (χ0n) is 17.7. The topological polar surface area (TPSA) is 86.5 Å². The van der Waals surface area contributed by atoms with Crippen LogP contribution in [0.2, 0.25) is 5.02 Å². The Bertz CT molecular complexity index is 993. The van der Waals surface area contributed by atoms with Crippen LogP contribution in [-0.4, -0.2) is 47.9 Å². The van der Waals surface area contributed by atoms with Gasteiger partial charge in [-0.15, -0.1) is 0 Å². The van der Waals surface area contributed by atoms with Crippen LogP contribution in [-0.2, 0) is 9.63 Å². The van der Waals surface area contributed by atoms with Gasteiger partial charge in [0.05, 0.1) is 23.4 Å². The summed E-state index contributed by atoms with van der Waals surface area (Å²) in [6, 6.07) is 5.27. The van der Waals surface area contributed by atoms with E-state index in [1.54, 1.807) is 18.2 Å². The van der Waals surface area contributed by atoms with Crippen molar-refractivity contribution in [3.05, 3.63) is 51.3 Å². The van der Waals surface area contributed by atoms with Crippen molar-refractivity contribution >= 4 is 40.8 Å². The summed E-state index contributed by atoms with van der Waals surface area (Å²) in [5.41, 5.74) is 7.18. The molecule has 2 amide bonds. The number of carbonyl (C=O) groups excluding carboxylic acids is 2. The molecule has 1 aromatic carbocycles. The predicted octanol–water partition coefficient (Wildman–Crippen LogP) is 3.78. The zero-order valence-corrected chi connectivity index (χ0v) is 18.4. The first-order valence-electron chi connectivity index (χ1n) is 10.0. The first-order chi connectivity index (χ1) is 14.3. The highest BCUT2D eigenvalue weighted by Crippen LogP contribution is 2.35. The van der Waals surface area contributed by atoms with Gasteiger partial charge in [-0.1, -0.05) is 31.5 Å². The number of hydroxylamine groups is 1. The smallest absolute Gasteiger partial charge is 0.276 e. The molecule has 160 valence electrons. The minimum absolute atomic E-state index is 0.204. The molecule has 0 saturated carbocycles. The van der Waals surface area contributed by atoms with Gasteiger partial charge in [0.2, 0.25) is 0 Å². The van der Waals surface area contributed by atoms with E-state index >= 15 is 0 Å². The molecular weight excluding hydrogens is 404 g/mol. The number of carbonyl (C=O) groups is 2. The maximum atomic E-state index is 12.6. The Morgan fingerprint density at radius 1 is 1.27 bits per heavy atom. The molecule has 0 unspecified atom stereocenters. The Morgan fingerprint density at radius 3 is 2.70 bits per heavy atom. The summed E-state index contributed by atoms with van der Waals surface area (Å²) < 4.78 is 0. The zero-order chi connectivity index (χ0) is 21.8. The molecule has 7 nitrogen and oxygen atoms in total. The number of aromatic nitrogens is 1. The van der Waals surface area contributed by atoms with Crippen molar-refractivity contribution in [3.8, 4) is 0 Å². The van der Waals surface area contributed by atoms with Gasteiger partial charge in [-0.05, 0) is 50.7 Å². The van der Waals surface area contributed by atoms with E-state index in [2.05, 4.69) is 34.5 Å². The molecule has 0 fully saturated rings. The monoisotopic (exact) mass is 430 g/mol. The van der Waals surface area contributed by atoms with Gasteiger partial charge in [0.25, 0.3) is 11.8 Å². The molecule has 3 rings (SSSR count). The van der Waals surface area contributed by atoms with Gasteiger partial charge in [0, 0.05) is 28.5 Å². The molecule has 0 saturated heterocycles. The third kappa shape index (κ3) is 4.59. The Kier molecular flexibility index (Phi) is 6.97. The lowest BCUT2D eigenvalue weighted by Crippen LogP contribution is -2.31. The van der Waals surface area contributed by atoms with E-state index in [0.29, 0.717) is 39.8 Å². The van der Waals surface area contributed by atoms with Crippen LogP contribution in [0.3, 0.4) is 0 Å². The van der Waals surface area contributed by atoms with Gasteiger partial charge in [-0.2, -0.15) is 0 Å². The number of anilines is 1. The summed E-state index contributed by atoms with van der Waals surface area (Å²) in [6.07, 6.45) is 1.76. The standard InChI is InChI=1S/C22H27ClN4O3/c1-5-27(6-2)9-10-30-26-22(29)20-13(3)18(24-14(20)4)12-17-16-8-7-15(23)11-19(16)25-21(17)28/h7-8,11-12,24H,5-6,9-10H2,1-4H3,(H,25,28)(H,26,29)/b17-12-. The number of fused-ring (bicyclic) bond motifs is 1. The highest BCUT2D eigenvalue weighted by Gasteiger charge is 2.25. The maximum Gasteiger partial charge on any atom is 0.276 e. The molecule has 3 N–H and O–H groups in total. The summed E-state index contributed by atoms with van der Waals surface area (Å²) in [4.78, 5) is 35.8. The number of aryl methyl sites for hydroxylation is 1. The van der Waals surface area contributed by atoms with E-state index in [1.165, 1.54) is 0 Å². The average molecular weight is 431 g/mol. The molecule has 0 bridgehead atoms. The van der Waals surface area contributed by atoms with E-state index in [4.69, 9.17) is 16.4 Å². The largest absolute Gasteiger partial charge is 0.358 e. The van der Waals surface area contributed by atoms with Crippen LogP contribution in [0.15, 0.2) is 18.2 Å². The normalized spacial score (nSPS) is 14.3. The van der Waals surface area contributed by atoms with Crippen molar-refractivity contribution in [1.29, 1.82) is 0 Å². The summed E-state index contributed by atoms with van der Waals surface area (Å²) in [7, 11) is 0. The Hall–Kier alpha value is -2.61. The lowest BCUT2D eigenvalue weighted by Gasteiger charge is -2.17. The first kappa shape index (κ1) is 22.1. The fraction of sp³-hybridized carbons (Fsp3) is 0.364. The third-order valence-corrected chi connectivity index (χ3v) is 5.56. The molecule has 2 aromatic rings. The van der Waals surface area contributed by atoms with E-state index in [1.807, 2.05) is 19.9 Å². The number of H-pyrrole nitrogens is 1. The van der Waals surface area contributed by atoms with Gasteiger partial charge in [-0.3, -0.25) is 14.4 Å². The lowest BCUT2D eigenvalue weighted by molar-refractivity contribution is -0.110. The molecule has 1 aliphatic heterocycles. The average Bonchev–Trinajstić information content (AvgIpc) is 3.16. The number of hydrogen-bond acceptors (Lipinski definition) is 4. The number of nitrogens with one attached hydrogen (secondary N) is 3. The number of rotatable bonds is 8. The molecule has 0 radical (unpaired) electrons. The number of amides is 2. The SMILES string of the molecule is CCN(CC)CCONC(=O)c1c(C)[nH]c(/C=C2\C(=O)Nc3cc(Cl)ccc32)c1C. The van der Waals surface area contributed by atoms with Crippen LogP contribution in [0.5, 0.6) is 0 Å². The van der Waals surface area contributed by atoms with Crippen molar-refractivity contribution in [1.82, 2.24) is 15.4 Å². The number of benzene rings is 1. The Morgan fingerprint density at radius 2 is 2.00 bits per heavy atom. The van der Waals surface area contributed by atoms with Gasteiger partial charge in [0.15, 0.2) is 0 Å². The van der Waals surface area contributed by atoms with Crippen molar-refractivity contribution in [2.24, 2.45) is 0 Å². The van der Waals surface area contributed by atoms with Crippen LogP contribution in [0.1, 0.15) is 46.7 Å².